The van der Waals surface area contributed by atoms with E-state index in [1.165, 1.54) is 6.07 Å². The van der Waals surface area contributed by atoms with Gasteiger partial charge in [0.05, 0.1) is 6.54 Å². The van der Waals surface area contributed by atoms with Crippen molar-refractivity contribution >= 4 is 20.8 Å². The second-order valence-electron chi connectivity index (χ2n) is 3.38. The molecular formula is C9H16N2O4S2. The minimum absolute atomic E-state index is 0.244. The fraction of sp³-hybridized carbons (Fsp3) is 0.556. The molecule has 0 amide bonds. The van der Waals surface area contributed by atoms with Crippen LogP contribution in [0.25, 0.3) is 0 Å². The van der Waals surface area contributed by atoms with E-state index in [1.54, 1.807) is 6.07 Å². The number of rotatable bonds is 7. The third-order valence-electron chi connectivity index (χ3n) is 2.05. The Balaban J connectivity index is 2.38. The molecule has 1 rings (SSSR count). The second kappa shape index (κ2) is 6.29. The van der Waals surface area contributed by atoms with Gasteiger partial charge in [-0.25, -0.2) is 13.6 Å². The van der Waals surface area contributed by atoms with Crippen molar-refractivity contribution < 1.29 is 17.0 Å². The van der Waals surface area contributed by atoms with Crippen LogP contribution in [-0.4, -0.2) is 30.7 Å². The number of primary sulfonamides is 1. The summed E-state index contributed by atoms with van der Waals surface area (Å²) < 4.78 is 38.0. The minimum Gasteiger partial charge on any atom is -0.447 e. The highest BCUT2D eigenvalue weighted by atomic mass is 32.2. The van der Waals surface area contributed by atoms with E-state index in [0.717, 1.165) is 0 Å². The molecule has 0 spiro atoms. The molecule has 0 saturated carbocycles. The van der Waals surface area contributed by atoms with E-state index >= 15 is 0 Å². The lowest BCUT2D eigenvalue weighted by atomic mass is 10.4. The lowest BCUT2D eigenvalue weighted by Crippen LogP contribution is -2.20. The number of furan rings is 1. The molecule has 0 fully saturated rings. The quantitative estimate of drug-likeness (QED) is 0.673. The van der Waals surface area contributed by atoms with Gasteiger partial charge in [-0.3, -0.25) is 4.21 Å². The first-order valence-electron chi connectivity index (χ1n) is 5.10. The van der Waals surface area contributed by atoms with Crippen LogP contribution in [0.3, 0.4) is 0 Å². The van der Waals surface area contributed by atoms with Crippen molar-refractivity contribution in [1.29, 1.82) is 0 Å². The first-order valence-corrected chi connectivity index (χ1v) is 8.14. The fourth-order valence-corrected chi connectivity index (χ4v) is 2.29. The minimum atomic E-state index is -3.77. The maximum Gasteiger partial charge on any atom is 0.271 e. The summed E-state index contributed by atoms with van der Waals surface area (Å²) in [5, 5.41) is 7.67. The van der Waals surface area contributed by atoms with Crippen LogP contribution in [0.5, 0.6) is 0 Å². The van der Waals surface area contributed by atoms with Gasteiger partial charge in [0.25, 0.3) is 10.0 Å². The zero-order chi connectivity index (χ0) is 12.9. The summed E-state index contributed by atoms with van der Waals surface area (Å²) in [6.45, 7) is 2.84. The van der Waals surface area contributed by atoms with Crippen molar-refractivity contribution in [1.82, 2.24) is 5.32 Å². The molecule has 0 radical (unpaired) electrons. The van der Waals surface area contributed by atoms with E-state index < -0.39 is 20.8 Å². The van der Waals surface area contributed by atoms with Gasteiger partial charge >= 0.3 is 0 Å². The van der Waals surface area contributed by atoms with Gasteiger partial charge in [-0.2, -0.15) is 0 Å². The lowest BCUT2D eigenvalue weighted by Gasteiger charge is -2.01. The first-order chi connectivity index (χ1) is 7.93. The zero-order valence-corrected chi connectivity index (χ0v) is 11.1. The molecule has 1 atom stereocenters. The van der Waals surface area contributed by atoms with Crippen LogP contribution in [0.4, 0.5) is 0 Å². The van der Waals surface area contributed by atoms with E-state index in [4.69, 9.17) is 9.56 Å². The monoisotopic (exact) mass is 280 g/mol. The molecular weight excluding hydrogens is 264 g/mol. The Hall–Kier alpha value is -0.700. The molecule has 8 heteroatoms. The third-order valence-corrected chi connectivity index (χ3v) is 4.13. The van der Waals surface area contributed by atoms with E-state index in [2.05, 4.69) is 5.32 Å². The highest BCUT2D eigenvalue weighted by molar-refractivity contribution is 7.89. The number of nitrogens with two attached hydrogens (primary N) is 1. The SMILES string of the molecule is CCS(=O)CCNCc1ccc(S(N)(=O)=O)o1. The van der Waals surface area contributed by atoms with Gasteiger partial charge in [0.1, 0.15) is 5.76 Å². The molecule has 1 aromatic heterocycles. The average Bonchev–Trinajstić information content (AvgIpc) is 2.72. The number of nitrogens with one attached hydrogen (secondary N) is 1. The van der Waals surface area contributed by atoms with Crippen LogP contribution in [0.15, 0.2) is 21.6 Å². The van der Waals surface area contributed by atoms with E-state index in [1.807, 2.05) is 6.92 Å². The van der Waals surface area contributed by atoms with Crippen molar-refractivity contribution in [3.05, 3.63) is 17.9 Å². The van der Waals surface area contributed by atoms with Gasteiger partial charge in [0.2, 0.25) is 5.09 Å². The molecule has 3 N–H and O–H groups in total. The molecule has 17 heavy (non-hydrogen) atoms. The number of hydrogen-bond donors (Lipinski definition) is 2. The van der Waals surface area contributed by atoms with E-state index in [0.29, 0.717) is 30.4 Å². The van der Waals surface area contributed by atoms with Gasteiger partial charge in [0.15, 0.2) is 0 Å². The molecule has 98 valence electrons. The Morgan fingerprint density at radius 2 is 2.18 bits per heavy atom. The summed E-state index contributed by atoms with van der Waals surface area (Å²) in [4.78, 5) is 0. The molecule has 1 unspecified atom stereocenters. The number of sulfonamides is 1. The van der Waals surface area contributed by atoms with Crippen molar-refractivity contribution in [2.24, 2.45) is 5.14 Å². The van der Waals surface area contributed by atoms with Crippen molar-refractivity contribution in [3.63, 3.8) is 0 Å². The Labute approximate surface area is 103 Å². The lowest BCUT2D eigenvalue weighted by molar-refractivity contribution is 0.404. The summed E-state index contributed by atoms with van der Waals surface area (Å²) in [5.74, 6) is 1.69. The standard InChI is InChI=1S/C9H16N2O4S2/c1-2-16(12)6-5-11-7-8-3-4-9(15-8)17(10,13)14/h3-4,11H,2,5-7H2,1H3,(H2,10,13,14). The first kappa shape index (κ1) is 14.4. The molecule has 0 aliphatic heterocycles. The molecule has 6 nitrogen and oxygen atoms in total. The largest absolute Gasteiger partial charge is 0.447 e. The maximum absolute atomic E-state index is 11.1. The second-order valence-corrected chi connectivity index (χ2v) is 6.73. The summed E-state index contributed by atoms with van der Waals surface area (Å²) in [6, 6.07) is 2.86. The van der Waals surface area contributed by atoms with Crippen LogP contribution >= 0.6 is 0 Å². The Bertz CT molecular complexity index is 481. The van der Waals surface area contributed by atoms with E-state index in [-0.39, 0.29) is 5.09 Å². The smallest absolute Gasteiger partial charge is 0.271 e. The topological polar surface area (TPSA) is 102 Å². The molecule has 0 bridgehead atoms. The van der Waals surface area contributed by atoms with Crippen LogP contribution in [0, 0.1) is 0 Å². The summed E-state index contributed by atoms with van der Waals surface area (Å²) in [6.07, 6.45) is 0. The van der Waals surface area contributed by atoms with E-state index in [9.17, 15) is 12.6 Å². The Morgan fingerprint density at radius 1 is 1.47 bits per heavy atom. The van der Waals surface area contributed by atoms with Crippen molar-refractivity contribution in [3.8, 4) is 0 Å². The van der Waals surface area contributed by atoms with Crippen LogP contribution in [0.2, 0.25) is 0 Å². The van der Waals surface area contributed by atoms with Crippen LogP contribution in [-0.2, 0) is 27.4 Å². The molecule has 0 aromatic carbocycles. The average molecular weight is 280 g/mol. The summed E-state index contributed by atoms with van der Waals surface area (Å²) >= 11 is 0. The van der Waals surface area contributed by atoms with Gasteiger partial charge in [-0.1, -0.05) is 6.92 Å². The molecule has 0 saturated heterocycles. The van der Waals surface area contributed by atoms with Gasteiger partial charge < -0.3 is 9.73 Å². The number of hydrogen-bond acceptors (Lipinski definition) is 5. The fourth-order valence-electron chi connectivity index (χ4n) is 1.15. The highest BCUT2D eigenvalue weighted by Crippen LogP contribution is 2.11. The summed E-state index contributed by atoms with van der Waals surface area (Å²) in [7, 11) is -4.58. The van der Waals surface area contributed by atoms with Crippen LogP contribution < -0.4 is 10.5 Å². The maximum atomic E-state index is 11.1. The third kappa shape index (κ3) is 4.99. The van der Waals surface area contributed by atoms with Crippen molar-refractivity contribution in [2.75, 3.05) is 18.1 Å². The van der Waals surface area contributed by atoms with Gasteiger partial charge in [0, 0.05) is 28.9 Å². The predicted molar refractivity (Wildman–Crippen MR) is 65.3 cm³/mol. The highest BCUT2D eigenvalue weighted by Gasteiger charge is 2.12. The molecule has 0 aliphatic rings. The van der Waals surface area contributed by atoms with Gasteiger partial charge in [-0.15, -0.1) is 0 Å². The Kier molecular flexibility index (Phi) is 5.31. The molecule has 1 aromatic rings. The summed E-state index contributed by atoms with van der Waals surface area (Å²) in [5.41, 5.74) is 0. The normalized spacial score (nSPS) is 13.8. The molecule has 0 aliphatic carbocycles. The Morgan fingerprint density at radius 3 is 2.71 bits per heavy atom. The van der Waals surface area contributed by atoms with Gasteiger partial charge in [-0.05, 0) is 12.1 Å². The van der Waals surface area contributed by atoms with Crippen LogP contribution in [0.1, 0.15) is 12.7 Å². The molecule has 1 heterocycles. The van der Waals surface area contributed by atoms with Crippen molar-refractivity contribution in [2.45, 2.75) is 18.6 Å². The predicted octanol–water partition coefficient (Wildman–Crippen LogP) is -0.215. The zero-order valence-electron chi connectivity index (χ0n) is 9.51.